The van der Waals surface area contributed by atoms with Gasteiger partial charge in [-0.25, -0.2) is 5.01 Å². The second kappa shape index (κ2) is 6.33. The number of carboxylic acid groups (broad SMARTS) is 1. The lowest BCUT2D eigenvalue weighted by Gasteiger charge is -2.24. The first-order chi connectivity index (χ1) is 10.4. The molecule has 5 N–H and O–H groups in total. The normalized spacial score (nSPS) is 11.1. The molecule has 1 heterocycles. The fourth-order valence-electron chi connectivity index (χ4n) is 1.45. The zero-order chi connectivity index (χ0) is 17.9. The second-order valence-electron chi connectivity index (χ2n) is 4.05. The van der Waals surface area contributed by atoms with Gasteiger partial charge in [0, 0.05) is 6.07 Å². The third kappa shape index (κ3) is 4.18. The van der Waals surface area contributed by atoms with E-state index >= 15 is 0 Å². The number of nitrogens with one attached hydrogen (secondary N) is 1. The third-order valence-electron chi connectivity index (χ3n) is 2.36. The molecule has 0 aromatic carbocycles. The lowest BCUT2D eigenvalue weighted by molar-refractivity contribution is -0.172. The maximum Gasteiger partial charge on any atom is 0.473 e. The average Bonchev–Trinajstić information content (AvgIpc) is 2.66. The van der Waals surface area contributed by atoms with Crippen LogP contribution in [0.5, 0.6) is 17.5 Å². The van der Waals surface area contributed by atoms with Gasteiger partial charge < -0.3 is 25.7 Å². The van der Waals surface area contributed by atoms with Crippen molar-refractivity contribution < 1.29 is 48.0 Å². The molecular formula is C10H10F3N3O7. The number of alkyl halides is 3. The number of rotatable bonds is 5. The number of nitrogens with zero attached hydrogens (tertiary/aromatic N) is 2. The fraction of sp³-hybridized carbons (Fsp3) is 0.300. The Balaban J connectivity index is 3.16. The molecule has 0 aliphatic heterocycles. The summed E-state index contributed by atoms with van der Waals surface area (Å²) < 4.78 is 37.5. The molecular weight excluding hydrogens is 331 g/mol. The predicted molar refractivity (Wildman–Crippen MR) is 64.2 cm³/mol. The molecule has 2 amide bonds. The quantitative estimate of drug-likeness (QED) is 0.452. The van der Waals surface area contributed by atoms with Crippen molar-refractivity contribution >= 4 is 17.8 Å². The van der Waals surface area contributed by atoms with Gasteiger partial charge in [0.15, 0.2) is 5.75 Å². The van der Waals surface area contributed by atoms with E-state index in [2.05, 4.69) is 0 Å². The molecule has 10 nitrogen and oxygen atoms in total. The molecule has 0 fully saturated rings. The first-order valence-corrected chi connectivity index (χ1v) is 5.65. The summed E-state index contributed by atoms with van der Waals surface area (Å²) in [7, 11) is 0. The molecule has 0 aliphatic carbocycles. The highest BCUT2D eigenvalue weighted by Crippen LogP contribution is 2.34. The largest absolute Gasteiger partial charge is 0.503 e. The number of carbonyl (C=O) groups is 3. The van der Waals surface area contributed by atoms with Crippen molar-refractivity contribution in [3.63, 3.8) is 0 Å². The second-order valence-corrected chi connectivity index (χ2v) is 4.05. The lowest BCUT2D eigenvalue weighted by atomic mass is 10.4. The number of halogens is 3. The van der Waals surface area contributed by atoms with Crippen molar-refractivity contribution in [1.82, 2.24) is 9.99 Å². The minimum atomic E-state index is -5.48. The molecule has 0 saturated heterocycles. The zero-order valence-electron chi connectivity index (χ0n) is 11.0. The Hall–Kier alpha value is -3.12. The van der Waals surface area contributed by atoms with Crippen LogP contribution in [0.4, 0.5) is 13.2 Å². The average molecular weight is 341 g/mol. The Bertz CT molecular complexity index is 640. The Morgan fingerprint density at radius 3 is 2.17 bits per heavy atom. The topological polar surface area (TPSA) is 152 Å². The van der Waals surface area contributed by atoms with Crippen LogP contribution in [0.3, 0.4) is 0 Å². The number of hydrogen-bond donors (Lipinski definition) is 5. The fourth-order valence-corrected chi connectivity index (χ4v) is 1.45. The Morgan fingerprint density at radius 2 is 1.78 bits per heavy atom. The van der Waals surface area contributed by atoms with Crippen molar-refractivity contribution in [3.05, 3.63) is 6.07 Å². The van der Waals surface area contributed by atoms with Gasteiger partial charge in [-0.2, -0.15) is 17.8 Å². The van der Waals surface area contributed by atoms with Gasteiger partial charge in [-0.1, -0.05) is 0 Å². The smallest absolute Gasteiger partial charge is 0.473 e. The standard InChI is InChI=1S/C10H10F3N3O7/c11-10(12,13)9(23)15(3-5(18)14-2-7(20)21)16-6(19)1-4(17)8(16)22/h1,17,19,22H,2-3H2,(H,14,18)(H,20,21). The van der Waals surface area contributed by atoms with E-state index < -0.39 is 59.6 Å². The van der Waals surface area contributed by atoms with E-state index in [0.717, 1.165) is 0 Å². The molecule has 0 atom stereocenters. The van der Waals surface area contributed by atoms with Gasteiger partial charge in [0.1, 0.15) is 13.1 Å². The molecule has 0 saturated carbocycles. The van der Waals surface area contributed by atoms with E-state index in [1.165, 1.54) is 0 Å². The molecule has 1 aromatic rings. The van der Waals surface area contributed by atoms with Crippen LogP contribution < -0.4 is 10.3 Å². The number of aromatic hydroxyl groups is 3. The Labute approximate surface area is 124 Å². The van der Waals surface area contributed by atoms with E-state index in [4.69, 9.17) is 10.2 Å². The van der Waals surface area contributed by atoms with Gasteiger partial charge >= 0.3 is 18.1 Å². The van der Waals surface area contributed by atoms with Crippen molar-refractivity contribution in [2.75, 3.05) is 18.1 Å². The van der Waals surface area contributed by atoms with Crippen LogP contribution in [-0.2, 0) is 14.4 Å². The molecule has 1 aromatic heterocycles. The molecule has 0 aliphatic rings. The van der Waals surface area contributed by atoms with Crippen LogP contribution in [0.2, 0.25) is 0 Å². The first-order valence-electron chi connectivity index (χ1n) is 5.65. The summed E-state index contributed by atoms with van der Waals surface area (Å²) >= 11 is 0. The van der Waals surface area contributed by atoms with E-state index in [1.54, 1.807) is 5.32 Å². The number of aliphatic carboxylic acids is 1. The molecule has 13 heteroatoms. The molecule has 0 spiro atoms. The van der Waals surface area contributed by atoms with Crippen LogP contribution in [0.25, 0.3) is 0 Å². The summed E-state index contributed by atoms with van der Waals surface area (Å²) in [5.41, 5.74) is 0. The summed E-state index contributed by atoms with van der Waals surface area (Å²) in [6, 6.07) is 0.432. The monoisotopic (exact) mass is 341 g/mol. The number of carboxylic acids is 1. The molecule has 0 unspecified atom stereocenters. The molecule has 23 heavy (non-hydrogen) atoms. The SMILES string of the molecule is O=C(O)CNC(=O)CN(C(=O)C(F)(F)F)n1c(O)cc(O)c1O. The van der Waals surface area contributed by atoms with Gasteiger partial charge in [-0.3, -0.25) is 14.4 Å². The number of amides is 2. The summed E-state index contributed by atoms with van der Waals surface area (Å²) in [4.78, 5) is 33.0. The highest BCUT2D eigenvalue weighted by atomic mass is 19.4. The number of aromatic nitrogens is 1. The van der Waals surface area contributed by atoms with E-state index in [1.807, 2.05) is 0 Å². The third-order valence-corrected chi connectivity index (χ3v) is 2.36. The zero-order valence-corrected chi connectivity index (χ0v) is 11.0. The van der Waals surface area contributed by atoms with Gasteiger partial charge in [-0.15, -0.1) is 0 Å². The van der Waals surface area contributed by atoms with E-state index in [9.17, 15) is 37.8 Å². The van der Waals surface area contributed by atoms with E-state index in [-0.39, 0.29) is 4.68 Å². The van der Waals surface area contributed by atoms with Crippen molar-refractivity contribution in [1.29, 1.82) is 0 Å². The lowest BCUT2D eigenvalue weighted by Crippen LogP contribution is -2.52. The van der Waals surface area contributed by atoms with Crippen LogP contribution in [-0.4, -0.2) is 62.2 Å². The molecule has 1 rings (SSSR count). The van der Waals surface area contributed by atoms with Crippen LogP contribution >= 0.6 is 0 Å². The van der Waals surface area contributed by atoms with Gasteiger partial charge in [0.05, 0.1) is 0 Å². The number of carbonyl (C=O) groups excluding carboxylic acids is 2. The maximum absolute atomic E-state index is 12.6. The molecule has 0 bridgehead atoms. The highest BCUT2D eigenvalue weighted by molar-refractivity contribution is 5.96. The van der Waals surface area contributed by atoms with Gasteiger partial charge in [0.25, 0.3) is 5.88 Å². The summed E-state index contributed by atoms with van der Waals surface area (Å²) in [6.07, 6.45) is -5.48. The Kier molecular flexibility index (Phi) is 4.93. The van der Waals surface area contributed by atoms with Crippen molar-refractivity contribution in [3.8, 4) is 17.5 Å². The van der Waals surface area contributed by atoms with Crippen LogP contribution in [0, 0.1) is 0 Å². The minimum absolute atomic E-state index is 0.147. The summed E-state index contributed by atoms with van der Waals surface area (Å²) in [5.74, 6) is -9.00. The molecule has 128 valence electrons. The summed E-state index contributed by atoms with van der Waals surface area (Å²) in [5, 5.41) is 37.6. The maximum atomic E-state index is 12.6. The van der Waals surface area contributed by atoms with Gasteiger partial charge in [-0.05, 0) is 0 Å². The van der Waals surface area contributed by atoms with E-state index in [0.29, 0.717) is 6.07 Å². The van der Waals surface area contributed by atoms with Crippen molar-refractivity contribution in [2.45, 2.75) is 6.18 Å². The van der Waals surface area contributed by atoms with Crippen molar-refractivity contribution in [2.24, 2.45) is 0 Å². The minimum Gasteiger partial charge on any atom is -0.503 e. The first kappa shape index (κ1) is 17.9. The summed E-state index contributed by atoms with van der Waals surface area (Å²) in [6.45, 7) is -2.32. The Morgan fingerprint density at radius 1 is 1.22 bits per heavy atom. The van der Waals surface area contributed by atoms with Gasteiger partial charge in [0.2, 0.25) is 11.8 Å². The van der Waals surface area contributed by atoms with Crippen LogP contribution in [0.15, 0.2) is 6.07 Å². The predicted octanol–water partition coefficient (Wildman–Crippen LogP) is -1.17. The molecule has 0 radical (unpaired) electrons. The van der Waals surface area contributed by atoms with Crippen LogP contribution in [0.1, 0.15) is 0 Å². The number of hydrogen-bond acceptors (Lipinski definition) is 6. The highest BCUT2D eigenvalue weighted by Gasteiger charge is 2.45.